The topological polar surface area (TPSA) is 9.23 Å². The summed E-state index contributed by atoms with van der Waals surface area (Å²) in [6.07, 6.45) is 13.1. The van der Waals surface area contributed by atoms with Crippen LogP contribution in [0.4, 0.5) is 0 Å². The second-order valence-electron chi connectivity index (χ2n) is 9.32. The second kappa shape index (κ2) is 12.6. The minimum Gasteiger partial charge on any atom is -0.411 e. The molecular weight excluding hydrogens is 447 g/mol. The predicted octanol–water partition coefficient (Wildman–Crippen LogP) is 8.62. The van der Waals surface area contributed by atoms with Crippen LogP contribution >= 0.6 is 22.6 Å². The quantitative estimate of drug-likeness (QED) is 0.122. The van der Waals surface area contributed by atoms with Gasteiger partial charge in [-0.3, -0.25) is 0 Å². The van der Waals surface area contributed by atoms with Gasteiger partial charge in [0.1, 0.15) is 0 Å². The lowest BCUT2D eigenvalue weighted by molar-refractivity contribution is 0.222. The van der Waals surface area contributed by atoms with E-state index >= 15 is 0 Å². The molecule has 1 atom stereocenters. The van der Waals surface area contributed by atoms with E-state index in [9.17, 15) is 0 Å². The molecule has 0 heterocycles. The molecule has 0 saturated carbocycles. The third kappa shape index (κ3) is 11.8. The molecule has 26 heavy (non-hydrogen) atoms. The van der Waals surface area contributed by atoms with E-state index in [1.165, 1.54) is 23.1 Å². The molecule has 0 aromatic carbocycles. The Labute approximate surface area is 179 Å². The fourth-order valence-electron chi connectivity index (χ4n) is 2.48. The monoisotopic (exact) mass is 490 g/mol. The van der Waals surface area contributed by atoms with E-state index in [0.29, 0.717) is 0 Å². The molecular formula is C23H43IOSi. The minimum atomic E-state index is -1.71. The maximum Gasteiger partial charge on any atom is 0.192 e. The zero-order chi connectivity index (χ0) is 20.4. The smallest absolute Gasteiger partial charge is 0.192 e. The third-order valence-corrected chi connectivity index (χ3v) is 10.4. The van der Waals surface area contributed by atoms with Crippen LogP contribution in [-0.2, 0) is 4.43 Å². The maximum atomic E-state index is 6.65. The van der Waals surface area contributed by atoms with Crippen LogP contribution in [0.15, 0.2) is 34.9 Å². The normalized spacial score (nSPS) is 15.2. The Balaban J connectivity index is 4.69. The molecule has 0 aliphatic carbocycles. The zero-order valence-corrected chi connectivity index (χ0v) is 22.0. The Morgan fingerprint density at radius 1 is 0.962 bits per heavy atom. The van der Waals surface area contributed by atoms with Gasteiger partial charge in [0.2, 0.25) is 0 Å². The van der Waals surface area contributed by atoms with Crippen LogP contribution in [0.2, 0.25) is 18.1 Å². The van der Waals surface area contributed by atoms with Crippen molar-refractivity contribution >= 4 is 30.9 Å². The van der Waals surface area contributed by atoms with Crippen LogP contribution in [0.3, 0.4) is 0 Å². The van der Waals surface area contributed by atoms with Crippen LogP contribution in [0, 0.1) is 0 Å². The molecule has 152 valence electrons. The molecule has 0 aliphatic heterocycles. The van der Waals surface area contributed by atoms with Crippen molar-refractivity contribution in [3.63, 3.8) is 0 Å². The zero-order valence-electron chi connectivity index (χ0n) is 18.8. The summed E-state index contributed by atoms with van der Waals surface area (Å²) < 4.78 is 7.80. The lowest BCUT2D eigenvalue weighted by Crippen LogP contribution is -2.43. The summed E-state index contributed by atoms with van der Waals surface area (Å²) >= 11 is 2.47. The summed E-state index contributed by atoms with van der Waals surface area (Å²) in [5, 5.41) is 0.267. The van der Waals surface area contributed by atoms with E-state index in [1.807, 2.05) is 0 Å². The van der Waals surface area contributed by atoms with Crippen molar-refractivity contribution in [1.29, 1.82) is 0 Å². The van der Waals surface area contributed by atoms with Crippen molar-refractivity contribution in [1.82, 2.24) is 0 Å². The number of rotatable bonds is 11. The van der Waals surface area contributed by atoms with E-state index in [2.05, 4.69) is 102 Å². The second-order valence-corrected chi connectivity index (χ2v) is 15.2. The summed E-state index contributed by atoms with van der Waals surface area (Å²) in [7, 11) is -1.71. The molecule has 3 heteroatoms. The molecule has 0 aromatic rings. The first-order valence-electron chi connectivity index (χ1n) is 10.1. The van der Waals surface area contributed by atoms with Gasteiger partial charge in [-0.25, -0.2) is 0 Å². The van der Waals surface area contributed by atoms with E-state index in [1.54, 1.807) is 0 Å². The van der Waals surface area contributed by atoms with Gasteiger partial charge in [-0.05, 0) is 77.9 Å². The molecule has 0 fully saturated rings. The van der Waals surface area contributed by atoms with Crippen molar-refractivity contribution in [2.24, 2.45) is 0 Å². The highest BCUT2D eigenvalue weighted by molar-refractivity contribution is 14.1. The van der Waals surface area contributed by atoms with Crippen molar-refractivity contribution in [3.05, 3.63) is 34.9 Å². The van der Waals surface area contributed by atoms with E-state index < -0.39 is 8.32 Å². The van der Waals surface area contributed by atoms with Crippen LogP contribution in [0.25, 0.3) is 0 Å². The highest BCUT2D eigenvalue weighted by Crippen LogP contribution is 2.38. The number of halogens is 1. The largest absolute Gasteiger partial charge is 0.411 e. The number of hydrogen-bond acceptors (Lipinski definition) is 1. The van der Waals surface area contributed by atoms with Crippen molar-refractivity contribution < 1.29 is 4.43 Å². The Morgan fingerprint density at radius 3 is 2.00 bits per heavy atom. The number of allylic oxidation sites excluding steroid dienone is 5. The fourth-order valence-corrected chi connectivity index (χ4v) is 4.39. The van der Waals surface area contributed by atoms with E-state index in [-0.39, 0.29) is 11.1 Å². The van der Waals surface area contributed by atoms with Gasteiger partial charge in [0.25, 0.3) is 0 Å². The van der Waals surface area contributed by atoms with Gasteiger partial charge in [0.05, 0.1) is 6.10 Å². The first-order valence-corrected chi connectivity index (χ1v) is 14.5. The Bertz CT molecular complexity index is 491. The van der Waals surface area contributed by atoms with Gasteiger partial charge in [-0.2, -0.15) is 0 Å². The van der Waals surface area contributed by atoms with E-state index in [0.717, 1.165) is 30.1 Å². The molecule has 0 radical (unpaired) electrons. The van der Waals surface area contributed by atoms with Gasteiger partial charge in [-0.1, -0.05) is 78.3 Å². The molecule has 0 bridgehead atoms. The highest BCUT2D eigenvalue weighted by Gasteiger charge is 2.38. The van der Waals surface area contributed by atoms with Crippen molar-refractivity contribution in [2.75, 3.05) is 4.43 Å². The molecule has 0 rings (SSSR count). The Kier molecular flexibility index (Phi) is 12.6. The first-order chi connectivity index (χ1) is 11.9. The molecule has 0 saturated heterocycles. The number of alkyl halides is 1. The molecule has 0 amide bonds. The highest BCUT2D eigenvalue weighted by atomic mass is 127. The fraction of sp³-hybridized carbons (Fsp3) is 0.739. The number of hydrogen-bond donors (Lipinski definition) is 0. The van der Waals surface area contributed by atoms with Crippen molar-refractivity contribution in [3.8, 4) is 0 Å². The van der Waals surface area contributed by atoms with Gasteiger partial charge in [0.15, 0.2) is 8.32 Å². The molecule has 1 unspecified atom stereocenters. The van der Waals surface area contributed by atoms with Crippen molar-refractivity contribution in [2.45, 2.75) is 105 Å². The van der Waals surface area contributed by atoms with Crippen LogP contribution in [0.1, 0.15) is 80.6 Å². The molecule has 0 spiro atoms. The SMILES string of the molecule is CC(C)=CCC/C(C)=C/CC/C(C)=C/C(CCI)O[Si](C)(C)C(C)(C)C. The van der Waals surface area contributed by atoms with Gasteiger partial charge in [-0.15, -0.1) is 0 Å². The van der Waals surface area contributed by atoms with E-state index in [4.69, 9.17) is 4.43 Å². The molecule has 0 N–H and O–H groups in total. The average Bonchev–Trinajstić information content (AvgIpc) is 2.45. The predicted molar refractivity (Wildman–Crippen MR) is 131 cm³/mol. The molecule has 1 nitrogen and oxygen atoms in total. The summed E-state index contributed by atoms with van der Waals surface area (Å²) in [6, 6.07) is 0. The van der Waals surface area contributed by atoms with Gasteiger partial charge < -0.3 is 4.43 Å². The summed E-state index contributed by atoms with van der Waals surface area (Å²) in [6.45, 7) is 20.5. The first kappa shape index (κ1) is 26.1. The summed E-state index contributed by atoms with van der Waals surface area (Å²) in [5.41, 5.74) is 4.39. The lowest BCUT2D eigenvalue weighted by atomic mass is 10.1. The summed E-state index contributed by atoms with van der Waals surface area (Å²) in [5.74, 6) is 0. The minimum absolute atomic E-state index is 0.267. The summed E-state index contributed by atoms with van der Waals surface area (Å²) in [4.78, 5) is 0. The Hall–Kier alpha value is 0.127. The third-order valence-electron chi connectivity index (χ3n) is 5.24. The molecule has 0 aliphatic rings. The van der Waals surface area contributed by atoms with Gasteiger partial charge >= 0.3 is 0 Å². The molecule has 0 aromatic heterocycles. The van der Waals surface area contributed by atoms with Gasteiger partial charge in [0, 0.05) is 4.43 Å². The van der Waals surface area contributed by atoms with Crippen LogP contribution in [-0.4, -0.2) is 18.8 Å². The lowest BCUT2D eigenvalue weighted by Gasteiger charge is -2.38. The Morgan fingerprint density at radius 2 is 1.50 bits per heavy atom. The van der Waals surface area contributed by atoms with Crippen LogP contribution < -0.4 is 0 Å². The maximum absolute atomic E-state index is 6.65. The van der Waals surface area contributed by atoms with Crippen LogP contribution in [0.5, 0.6) is 0 Å². The average molecular weight is 491 g/mol. The standard InChI is InChI=1S/C23H43IOSi/c1-19(2)12-10-13-20(3)14-11-15-21(4)18-22(16-17-24)25-26(8,9)23(5,6)7/h12,14,18,22H,10-11,13,15-17H2,1-9H3/b20-14+,21-18+.